The number of benzene rings is 2. The molecule has 1 N–H and O–H groups in total. The molecule has 0 saturated heterocycles. The summed E-state index contributed by atoms with van der Waals surface area (Å²) < 4.78 is 0. The van der Waals surface area contributed by atoms with Gasteiger partial charge in [0, 0.05) is 29.3 Å². The Bertz CT molecular complexity index is 1360. The number of anilines is 1. The maximum atomic E-state index is 5.17. The maximum absolute atomic E-state index is 5.17. The van der Waals surface area contributed by atoms with Crippen LogP contribution in [-0.4, -0.2) is 34.3 Å². The predicted octanol–water partition coefficient (Wildman–Crippen LogP) is 5.15. The number of hydrogen-bond donors (Lipinski definition) is 1. The molecular formula is C27H24BrN7. The second kappa shape index (κ2) is 8.96. The third-order valence-electron chi connectivity index (χ3n) is 6.15. The van der Waals surface area contributed by atoms with Crippen LogP contribution in [0, 0.1) is 0 Å². The summed E-state index contributed by atoms with van der Waals surface area (Å²) in [4.78, 5) is 14.5. The molecule has 7 nitrogen and oxygen atoms in total. The minimum Gasteiger partial charge on any atom is -0.259 e. The molecule has 174 valence electrons. The summed E-state index contributed by atoms with van der Waals surface area (Å²) in [7, 11) is 0. The number of para-hydroxylation sites is 1. The summed E-state index contributed by atoms with van der Waals surface area (Å²) in [5.74, 6) is 0.731. The number of amidine groups is 1. The van der Waals surface area contributed by atoms with Crippen LogP contribution in [0.1, 0.15) is 19.4 Å². The van der Waals surface area contributed by atoms with E-state index in [1.807, 2.05) is 102 Å². The first-order valence-corrected chi connectivity index (χ1v) is 11.2. The molecule has 0 fully saturated rings. The number of nitrogens with one attached hydrogen (secondary N) is 1. The molecule has 2 aromatic carbocycles. The number of nitrogens with zero attached hydrogens (tertiary/aromatic N) is 6. The fraction of sp³-hybridized carbons (Fsp3) is 0.111. The molecule has 4 aliphatic heterocycles. The second-order valence-corrected chi connectivity index (χ2v) is 8.34. The fourth-order valence-electron chi connectivity index (χ4n) is 4.40. The quantitative estimate of drug-likeness (QED) is 0.600. The number of halogens is 1. The average Bonchev–Trinajstić information content (AvgIpc) is 3.67. The van der Waals surface area contributed by atoms with Crippen molar-refractivity contribution in [3.05, 3.63) is 114 Å². The van der Waals surface area contributed by atoms with Gasteiger partial charge in [-0.15, -0.1) is 27.2 Å². The number of hydrogen-bond acceptors (Lipinski definition) is 7. The molecule has 1 atom stereocenters. The van der Waals surface area contributed by atoms with Crippen molar-refractivity contribution in [2.24, 2.45) is 20.1 Å². The molecule has 0 saturated carbocycles. The third kappa shape index (κ3) is 3.76. The van der Waals surface area contributed by atoms with Crippen molar-refractivity contribution in [2.75, 3.05) is 5.12 Å². The molecule has 2 aromatic rings. The van der Waals surface area contributed by atoms with Crippen LogP contribution >= 0.6 is 17.0 Å². The van der Waals surface area contributed by atoms with Crippen LogP contribution in [0.4, 0.5) is 5.69 Å². The van der Waals surface area contributed by atoms with Crippen molar-refractivity contribution in [3.63, 3.8) is 0 Å². The summed E-state index contributed by atoms with van der Waals surface area (Å²) in [6.07, 6.45) is 11.7. The van der Waals surface area contributed by atoms with Crippen molar-refractivity contribution in [3.8, 4) is 0 Å². The first kappa shape index (κ1) is 22.7. The standard InChI is InChI=1S/C27H23N7.BrH/c1-19-18-27(30-20(19)2,25-23(15-17-29-25)24-14-9-16-28-24)34-32-26(21-10-5-3-6-11-21)31-33(34)22-12-7-4-8-13-22;/h3-18H,1-2H3,(H,31,32);1H. The van der Waals surface area contributed by atoms with Crippen LogP contribution in [0.15, 0.2) is 128 Å². The van der Waals surface area contributed by atoms with Gasteiger partial charge in [-0.3, -0.25) is 15.4 Å². The van der Waals surface area contributed by atoms with Crippen LogP contribution in [0.2, 0.25) is 0 Å². The molecule has 4 heterocycles. The van der Waals surface area contributed by atoms with Gasteiger partial charge in [0.1, 0.15) is 5.71 Å². The fourth-order valence-corrected chi connectivity index (χ4v) is 4.40. The minimum absolute atomic E-state index is 0. The van der Waals surface area contributed by atoms with Gasteiger partial charge in [-0.05, 0) is 55.9 Å². The summed E-state index contributed by atoms with van der Waals surface area (Å²) in [5, 5.41) is 8.89. The third-order valence-corrected chi connectivity index (χ3v) is 6.15. The normalized spacial score (nSPS) is 24.3. The Hall–Kier alpha value is -4.04. The Morgan fingerprint density at radius 1 is 0.914 bits per heavy atom. The largest absolute Gasteiger partial charge is 0.259 e. The molecule has 0 aromatic heterocycles. The van der Waals surface area contributed by atoms with E-state index in [1.165, 1.54) is 0 Å². The average molecular weight is 526 g/mol. The number of allylic oxidation sites excluding steroid dienone is 4. The van der Waals surface area contributed by atoms with Gasteiger partial charge in [0.05, 0.1) is 11.4 Å². The maximum Gasteiger partial charge on any atom is 0.233 e. The van der Waals surface area contributed by atoms with E-state index in [0.29, 0.717) is 0 Å². The highest BCUT2D eigenvalue weighted by molar-refractivity contribution is 8.93. The van der Waals surface area contributed by atoms with Gasteiger partial charge in [0.25, 0.3) is 0 Å². The Labute approximate surface area is 214 Å². The van der Waals surface area contributed by atoms with E-state index in [9.17, 15) is 0 Å². The molecule has 0 bridgehead atoms. The van der Waals surface area contributed by atoms with Crippen molar-refractivity contribution in [1.29, 1.82) is 0 Å². The predicted molar refractivity (Wildman–Crippen MR) is 148 cm³/mol. The molecular weight excluding hydrogens is 502 g/mol. The SMILES string of the molecule is Br.CC1=CC(C2=NC=CC2=C2C=CC=N2)(N2N=C(c3ccccc3)NN2c2ccccc2)N=C1C. The van der Waals surface area contributed by atoms with Gasteiger partial charge in [0.15, 0.2) is 5.84 Å². The van der Waals surface area contributed by atoms with Crippen molar-refractivity contribution >= 4 is 46.1 Å². The molecule has 0 spiro atoms. The van der Waals surface area contributed by atoms with Gasteiger partial charge >= 0.3 is 0 Å². The Morgan fingerprint density at radius 2 is 1.66 bits per heavy atom. The Balaban J connectivity index is 0.00000253. The monoisotopic (exact) mass is 525 g/mol. The van der Waals surface area contributed by atoms with E-state index >= 15 is 0 Å². The van der Waals surface area contributed by atoms with Crippen LogP contribution < -0.4 is 10.5 Å². The van der Waals surface area contributed by atoms with Crippen molar-refractivity contribution in [1.82, 2.24) is 10.5 Å². The Morgan fingerprint density at radius 3 is 2.31 bits per heavy atom. The molecule has 0 radical (unpaired) electrons. The highest BCUT2D eigenvalue weighted by Gasteiger charge is 2.50. The molecule has 6 rings (SSSR count). The lowest BCUT2D eigenvalue weighted by Crippen LogP contribution is -2.57. The molecule has 35 heavy (non-hydrogen) atoms. The summed E-state index contributed by atoms with van der Waals surface area (Å²) in [6.45, 7) is 4.09. The summed E-state index contributed by atoms with van der Waals surface area (Å²) in [6, 6.07) is 20.2. The lowest BCUT2D eigenvalue weighted by atomic mass is 9.96. The molecule has 8 heteroatoms. The summed E-state index contributed by atoms with van der Waals surface area (Å²) >= 11 is 0. The first-order valence-electron chi connectivity index (χ1n) is 11.2. The number of hydrazone groups is 1. The van der Waals surface area contributed by atoms with Crippen LogP contribution in [0.3, 0.4) is 0 Å². The van der Waals surface area contributed by atoms with Crippen molar-refractivity contribution < 1.29 is 0 Å². The van der Waals surface area contributed by atoms with E-state index in [4.69, 9.17) is 15.1 Å². The zero-order chi connectivity index (χ0) is 23.1. The Kier molecular flexibility index (Phi) is 5.82. The minimum atomic E-state index is -0.981. The summed E-state index contributed by atoms with van der Waals surface area (Å²) in [5.41, 5.74) is 9.03. The van der Waals surface area contributed by atoms with E-state index in [0.717, 1.165) is 45.4 Å². The lowest BCUT2D eigenvalue weighted by Gasteiger charge is -2.39. The molecule has 0 amide bonds. The number of hydrazine groups is 2. The highest BCUT2D eigenvalue weighted by Crippen LogP contribution is 2.39. The number of rotatable bonds is 4. The zero-order valence-corrected chi connectivity index (χ0v) is 21.0. The van der Waals surface area contributed by atoms with E-state index < -0.39 is 5.66 Å². The highest BCUT2D eigenvalue weighted by atomic mass is 79.9. The van der Waals surface area contributed by atoms with E-state index in [2.05, 4.69) is 23.4 Å². The van der Waals surface area contributed by atoms with Crippen molar-refractivity contribution in [2.45, 2.75) is 19.5 Å². The zero-order valence-electron chi connectivity index (χ0n) is 19.3. The van der Waals surface area contributed by atoms with Crippen LogP contribution in [0.5, 0.6) is 0 Å². The van der Waals surface area contributed by atoms with Gasteiger partial charge in [-0.1, -0.05) is 48.5 Å². The molecule has 0 aliphatic carbocycles. The van der Waals surface area contributed by atoms with Gasteiger partial charge < -0.3 is 0 Å². The van der Waals surface area contributed by atoms with Crippen LogP contribution in [-0.2, 0) is 0 Å². The van der Waals surface area contributed by atoms with E-state index in [-0.39, 0.29) is 17.0 Å². The molecule has 1 unspecified atom stereocenters. The van der Waals surface area contributed by atoms with E-state index in [1.54, 1.807) is 6.21 Å². The lowest BCUT2D eigenvalue weighted by molar-refractivity contribution is 0.191. The van der Waals surface area contributed by atoms with Crippen LogP contribution in [0.25, 0.3) is 0 Å². The van der Waals surface area contributed by atoms with Gasteiger partial charge in [-0.2, -0.15) is 5.12 Å². The second-order valence-electron chi connectivity index (χ2n) is 8.34. The smallest absolute Gasteiger partial charge is 0.233 e. The van der Waals surface area contributed by atoms with Gasteiger partial charge in [-0.25, -0.2) is 4.99 Å². The first-order chi connectivity index (χ1) is 16.7. The number of aliphatic imine (C=N–C) groups is 3. The molecule has 4 aliphatic rings. The van der Waals surface area contributed by atoms with Gasteiger partial charge in [0.2, 0.25) is 5.66 Å². The topological polar surface area (TPSA) is 68.0 Å².